The second kappa shape index (κ2) is 4.67. The van der Waals surface area contributed by atoms with Crippen molar-refractivity contribution >= 4 is 0 Å². The third-order valence-corrected chi connectivity index (χ3v) is 3.41. The highest BCUT2D eigenvalue weighted by atomic mass is 16.5. The molecule has 5 unspecified atom stereocenters. The summed E-state index contributed by atoms with van der Waals surface area (Å²) in [6, 6.07) is -0.0159. The van der Waals surface area contributed by atoms with Crippen LogP contribution in [-0.4, -0.2) is 18.2 Å². The zero-order chi connectivity index (χ0) is 10.7. The summed E-state index contributed by atoms with van der Waals surface area (Å²) in [5, 5.41) is 3.82. The van der Waals surface area contributed by atoms with Gasteiger partial charge in [-0.3, -0.25) is 0 Å². The summed E-state index contributed by atoms with van der Waals surface area (Å²) >= 11 is 0. The first-order chi connectivity index (χ1) is 6.61. The Bertz CT molecular complexity index is 238. The zero-order valence-electron chi connectivity index (χ0n) is 9.34. The van der Waals surface area contributed by atoms with Gasteiger partial charge in [0.25, 0.3) is 0 Å². The Morgan fingerprint density at radius 2 is 1.93 bits per heavy atom. The van der Waals surface area contributed by atoms with Crippen molar-refractivity contribution in [2.24, 2.45) is 17.0 Å². The molecule has 0 spiro atoms. The lowest BCUT2D eigenvalue weighted by Gasteiger charge is -2.41. The highest BCUT2D eigenvalue weighted by Gasteiger charge is 2.37. The number of azide groups is 1. The first-order valence-corrected chi connectivity index (χ1v) is 5.31. The van der Waals surface area contributed by atoms with Crippen molar-refractivity contribution in [2.75, 3.05) is 0 Å². The lowest BCUT2D eigenvalue weighted by Crippen LogP contribution is -2.46. The maximum Gasteiger partial charge on any atom is 0.0662 e. The van der Waals surface area contributed by atoms with Crippen molar-refractivity contribution in [3.8, 4) is 0 Å². The Hall–Kier alpha value is -0.730. The van der Waals surface area contributed by atoms with Gasteiger partial charge in [0.1, 0.15) is 0 Å². The summed E-state index contributed by atoms with van der Waals surface area (Å²) in [7, 11) is 0. The molecular weight excluding hydrogens is 178 g/mol. The maximum atomic E-state index is 8.47. The number of hydrogen-bond donors (Lipinski definition) is 0. The standard InChI is InChI=1S/C10H19N3O/c1-5-9-6(2)7(3)10(12-13-11)8(4)14-9/h6-10H,5H2,1-4H3. The summed E-state index contributed by atoms with van der Waals surface area (Å²) in [6.45, 7) is 8.44. The lowest BCUT2D eigenvalue weighted by molar-refractivity contribution is -0.105. The van der Waals surface area contributed by atoms with E-state index in [9.17, 15) is 0 Å². The van der Waals surface area contributed by atoms with Crippen LogP contribution in [0, 0.1) is 11.8 Å². The first-order valence-electron chi connectivity index (χ1n) is 5.31. The van der Waals surface area contributed by atoms with Gasteiger partial charge >= 0.3 is 0 Å². The number of nitrogens with zero attached hydrogens (tertiary/aromatic N) is 3. The summed E-state index contributed by atoms with van der Waals surface area (Å²) < 4.78 is 5.82. The molecule has 1 fully saturated rings. The minimum absolute atomic E-state index is 0.0159. The summed E-state index contributed by atoms with van der Waals surface area (Å²) in [5.74, 6) is 0.867. The van der Waals surface area contributed by atoms with Crippen LogP contribution in [0.3, 0.4) is 0 Å². The molecule has 5 atom stereocenters. The maximum absolute atomic E-state index is 8.47. The topological polar surface area (TPSA) is 58.0 Å². The highest BCUT2D eigenvalue weighted by molar-refractivity contribution is 4.90. The third-order valence-electron chi connectivity index (χ3n) is 3.41. The van der Waals surface area contributed by atoms with Crippen molar-refractivity contribution in [3.05, 3.63) is 10.4 Å². The normalized spacial score (nSPS) is 43.0. The molecule has 1 aliphatic heterocycles. The van der Waals surface area contributed by atoms with Crippen LogP contribution in [0.1, 0.15) is 34.1 Å². The van der Waals surface area contributed by atoms with E-state index in [1.54, 1.807) is 0 Å². The van der Waals surface area contributed by atoms with E-state index in [4.69, 9.17) is 10.3 Å². The molecule has 1 aliphatic rings. The molecule has 0 aromatic heterocycles. The van der Waals surface area contributed by atoms with Gasteiger partial charge in [-0.1, -0.05) is 25.9 Å². The molecule has 1 heterocycles. The Morgan fingerprint density at radius 3 is 2.43 bits per heavy atom. The van der Waals surface area contributed by atoms with E-state index in [1.165, 1.54) is 0 Å². The molecular formula is C10H19N3O. The van der Waals surface area contributed by atoms with Crippen LogP contribution in [0.2, 0.25) is 0 Å². The molecule has 0 aromatic carbocycles. The first kappa shape index (κ1) is 11.3. The minimum atomic E-state index is -0.0159. The molecule has 80 valence electrons. The molecule has 0 aromatic rings. The molecule has 0 saturated carbocycles. The van der Waals surface area contributed by atoms with Gasteiger partial charge in [0.05, 0.1) is 18.2 Å². The fourth-order valence-corrected chi connectivity index (χ4v) is 2.28. The van der Waals surface area contributed by atoms with Gasteiger partial charge < -0.3 is 4.74 Å². The molecule has 14 heavy (non-hydrogen) atoms. The Labute approximate surface area is 85.3 Å². The van der Waals surface area contributed by atoms with Crippen molar-refractivity contribution in [3.63, 3.8) is 0 Å². The summed E-state index contributed by atoms with van der Waals surface area (Å²) in [6.07, 6.45) is 1.38. The summed E-state index contributed by atoms with van der Waals surface area (Å²) in [5.41, 5.74) is 8.47. The van der Waals surface area contributed by atoms with Gasteiger partial charge in [-0.05, 0) is 30.7 Å². The van der Waals surface area contributed by atoms with Gasteiger partial charge in [0, 0.05) is 4.91 Å². The van der Waals surface area contributed by atoms with Crippen molar-refractivity contribution in [2.45, 2.75) is 52.4 Å². The van der Waals surface area contributed by atoms with E-state index in [0.29, 0.717) is 17.9 Å². The van der Waals surface area contributed by atoms with Crippen molar-refractivity contribution in [1.29, 1.82) is 0 Å². The van der Waals surface area contributed by atoms with Crippen molar-refractivity contribution < 1.29 is 4.74 Å². The van der Waals surface area contributed by atoms with Crippen LogP contribution in [0.5, 0.6) is 0 Å². The van der Waals surface area contributed by atoms with Crippen LogP contribution in [0.15, 0.2) is 5.11 Å². The average Bonchev–Trinajstić information content (AvgIpc) is 2.18. The predicted molar refractivity (Wildman–Crippen MR) is 55.9 cm³/mol. The number of rotatable bonds is 2. The molecule has 0 aliphatic carbocycles. The van der Waals surface area contributed by atoms with Crippen LogP contribution in [0.4, 0.5) is 0 Å². The van der Waals surface area contributed by atoms with Crippen LogP contribution in [0.25, 0.3) is 10.4 Å². The fourth-order valence-electron chi connectivity index (χ4n) is 2.28. The van der Waals surface area contributed by atoms with Crippen LogP contribution in [-0.2, 0) is 4.74 Å². The monoisotopic (exact) mass is 197 g/mol. The Kier molecular flexibility index (Phi) is 3.78. The van der Waals surface area contributed by atoms with Crippen molar-refractivity contribution in [1.82, 2.24) is 0 Å². The van der Waals surface area contributed by atoms with Gasteiger partial charge in [-0.2, -0.15) is 0 Å². The molecule has 4 heteroatoms. The zero-order valence-corrected chi connectivity index (χ0v) is 9.34. The highest BCUT2D eigenvalue weighted by Crippen LogP contribution is 2.33. The second-order valence-electron chi connectivity index (χ2n) is 4.20. The van der Waals surface area contributed by atoms with E-state index in [0.717, 1.165) is 6.42 Å². The smallest absolute Gasteiger partial charge is 0.0662 e. The molecule has 0 amide bonds. The van der Waals surface area contributed by atoms with E-state index in [-0.39, 0.29) is 12.1 Å². The number of ether oxygens (including phenoxy) is 1. The Morgan fingerprint density at radius 1 is 1.29 bits per heavy atom. The minimum Gasteiger partial charge on any atom is -0.375 e. The molecule has 0 radical (unpaired) electrons. The fraction of sp³-hybridized carbons (Fsp3) is 1.00. The van der Waals surface area contributed by atoms with Gasteiger partial charge in [-0.15, -0.1) is 0 Å². The second-order valence-corrected chi connectivity index (χ2v) is 4.20. The predicted octanol–water partition coefficient (Wildman–Crippen LogP) is 3.13. The Balaban J connectivity index is 2.78. The summed E-state index contributed by atoms with van der Waals surface area (Å²) in [4.78, 5) is 2.89. The lowest BCUT2D eigenvalue weighted by atomic mass is 9.80. The molecule has 0 bridgehead atoms. The van der Waals surface area contributed by atoms with Gasteiger partial charge in [-0.25, -0.2) is 0 Å². The molecule has 1 saturated heterocycles. The number of hydrogen-bond acceptors (Lipinski definition) is 2. The van der Waals surface area contributed by atoms with E-state index in [2.05, 4.69) is 30.8 Å². The van der Waals surface area contributed by atoms with Gasteiger partial charge in [0.15, 0.2) is 0 Å². The van der Waals surface area contributed by atoms with Gasteiger partial charge in [0.2, 0.25) is 0 Å². The average molecular weight is 197 g/mol. The van der Waals surface area contributed by atoms with Crippen LogP contribution < -0.4 is 0 Å². The van der Waals surface area contributed by atoms with E-state index >= 15 is 0 Å². The largest absolute Gasteiger partial charge is 0.375 e. The van der Waals surface area contributed by atoms with E-state index < -0.39 is 0 Å². The SMILES string of the molecule is CCC1OC(C)C(N=[N+]=[N-])C(C)C1C. The van der Waals surface area contributed by atoms with Crippen LogP contribution >= 0.6 is 0 Å². The quantitative estimate of drug-likeness (QED) is 0.381. The van der Waals surface area contributed by atoms with E-state index in [1.807, 2.05) is 6.92 Å². The third kappa shape index (κ3) is 2.02. The molecule has 4 nitrogen and oxygen atoms in total. The molecule has 0 N–H and O–H groups in total. The molecule has 1 rings (SSSR count).